The average molecular weight is 539 g/mol. The van der Waals surface area contributed by atoms with Crippen LogP contribution in [0.15, 0.2) is 72.8 Å². The number of nitrogens with zero attached hydrogens (tertiary/aromatic N) is 1. The second-order valence-corrected chi connectivity index (χ2v) is 10.9. The van der Waals surface area contributed by atoms with Crippen molar-refractivity contribution in [2.45, 2.75) is 38.0 Å². The van der Waals surface area contributed by atoms with Crippen molar-refractivity contribution in [2.24, 2.45) is 0 Å². The van der Waals surface area contributed by atoms with E-state index in [2.05, 4.69) is 9.62 Å². The van der Waals surface area contributed by atoms with E-state index >= 15 is 0 Å². The maximum Gasteiger partial charge on any atom is 0.409 e. The van der Waals surface area contributed by atoms with E-state index in [4.69, 9.17) is 13.7 Å². The van der Waals surface area contributed by atoms with E-state index in [1.165, 1.54) is 0 Å². The predicted octanol–water partition coefficient (Wildman–Crippen LogP) is 4.81. The van der Waals surface area contributed by atoms with E-state index in [-0.39, 0.29) is 11.7 Å². The van der Waals surface area contributed by atoms with E-state index in [0.29, 0.717) is 37.2 Å². The van der Waals surface area contributed by atoms with Gasteiger partial charge >= 0.3 is 10.3 Å². The van der Waals surface area contributed by atoms with Crippen LogP contribution in [0.1, 0.15) is 43.7 Å². The molecule has 1 heterocycles. The molecule has 1 amide bonds. The molecule has 0 aliphatic carbocycles. The Kier molecular flexibility index (Phi) is 8.16. The zero-order chi connectivity index (χ0) is 27.3. The third-order valence-electron chi connectivity index (χ3n) is 7.06. The standard InChI is InChI=1S/C29H34N2O6S/c1-21(2)24-12-5-7-14-26(24)37-38(33,34)30-28(32)29(22-10-9-11-23(20-22)35-3)16-18-31(19-17-29)25-13-6-8-15-27(25)36-4/h5-15,20-21H,16-19H2,1-4H3,(H,30,32). The van der Waals surface area contributed by atoms with E-state index in [1.54, 1.807) is 44.6 Å². The molecule has 0 aromatic heterocycles. The van der Waals surface area contributed by atoms with Crippen molar-refractivity contribution in [1.82, 2.24) is 4.72 Å². The first-order valence-corrected chi connectivity index (χ1v) is 14.0. The summed E-state index contributed by atoms with van der Waals surface area (Å²) in [5, 5.41) is 0. The molecule has 3 aromatic rings. The van der Waals surface area contributed by atoms with Crippen LogP contribution in [0.25, 0.3) is 0 Å². The largest absolute Gasteiger partial charge is 0.497 e. The van der Waals surface area contributed by atoms with Crippen molar-refractivity contribution in [2.75, 3.05) is 32.2 Å². The highest BCUT2D eigenvalue weighted by atomic mass is 32.2. The number of carbonyl (C=O) groups excluding carboxylic acids is 1. The molecule has 8 nitrogen and oxygen atoms in total. The van der Waals surface area contributed by atoms with Gasteiger partial charge in [-0.25, -0.2) is 4.72 Å². The number of nitrogens with one attached hydrogen (secondary N) is 1. The Morgan fingerprint density at radius 3 is 2.21 bits per heavy atom. The van der Waals surface area contributed by atoms with Gasteiger partial charge in [0.1, 0.15) is 17.2 Å². The lowest BCUT2D eigenvalue weighted by atomic mass is 9.72. The summed E-state index contributed by atoms with van der Waals surface area (Å²) in [5.41, 5.74) is 1.24. The number of methoxy groups -OCH3 is 2. The third kappa shape index (κ3) is 5.72. The number of benzene rings is 3. The van der Waals surface area contributed by atoms with Gasteiger partial charge in [-0.05, 0) is 60.2 Å². The Morgan fingerprint density at radius 2 is 1.55 bits per heavy atom. The van der Waals surface area contributed by atoms with Gasteiger partial charge in [0.15, 0.2) is 0 Å². The molecule has 202 valence electrons. The number of rotatable bonds is 9. The molecule has 1 aliphatic rings. The third-order valence-corrected chi connectivity index (χ3v) is 7.89. The number of hydrogen-bond donors (Lipinski definition) is 1. The number of piperidine rings is 1. The van der Waals surface area contributed by atoms with Crippen LogP contribution < -0.4 is 23.3 Å². The second kappa shape index (κ2) is 11.3. The molecule has 0 spiro atoms. The fourth-order valence-corrected chi connectivity index (χ4v) is 5.82. The van der Waals surface area contributed by atoms with Crippen molar-refractivity contribution in [1.29, 1.82) is 0 Å². The quantitative estimate of drug-likeness (QED) is 0.418. The molecular weight excluding hydrogens is 504 g/mol. The summed E-state index contributed by atoms with van der Waals surface area (Å²) in [4.78, 5) is 16.0. The second-order valence-electron chi connectivity index (χ2n) is 9.63. The Balaban J connectivity index is 1.63. The van der Waals surface area contributed by atoms with Gasteiger partial charge in [0.25, 0.3) is 0 Å². The van der Waals surface area contributed by atoms with E-state index < -0.39 is 21.6 Å². The van der Waals surface area contributed by atoms with Gasteiger partial charge in [0, 0.05) is 13.1 Å². The smallest absolute Gasteiger partial charge is 0.409 e. The number of anilines is 1. The molecule has 0 atom stereocenters. The summed E-state index contributed by atoms with van der Waals surface area (Å²) in [7, 11) is -1.26. The molecule has 9 heteroatoms. The molecule has 38 heavy (non-hydrogen) atoms. The maximum absolute atomic E-state index is 13.9. The van der Waals surface area contributed by atoms with Gasteiger partial charge in [0.2, 0.25) is 5.91 Å². The van der Waals surface area contributed by atoms with Crippen molar-refractivity contribution in [3.05, 3.63) is 83.9 Å². The lowest BCUT2D eigenvalue weighted by molar-refractivity contribution is -0.125. The highest BCUT2D eigenvalue weighted by molar-refractivity contribution is 7.85. The molecule has 0 unspecified atom stereocenters. The zero-order valence-corrected chi connectivity index (χ0v) is 23.0. The van der Waals surface area contributed by atoms with Crippen LogP contribution in [0.2, 0.25) is 0 Å². The van der Waals surface area contributed by atoms with E-state index in [1.807, 2.05) is 56.3 Å². The summed E-state index contributed by atoms with van der Waals surface area (Å²) < 4.78 is 44.7. The molecule has 1 saturated heterocycles. The SMILES string of the molecule is COc1cccc(C2(C(=O)NS(=O)(=O)Oc3ccccc3C(C)C)CCN(c3ccccc3OC)CC2)c1. The molecule has 1 aliphatic heterocycles. The first kappa shape index (κ1) is 27.3. The number of para-hydroxylation sites is 3. The van der Waals surface area contributed by atoms with Crippen LogP contribution in [-0.2, 0) is 20.5 Å². The number of carbonyl (C=O) groups is 1. The van der Waals surface area contributed by atoms with Gasteiger partial charge in [-0.1, -0.05) is 56.3 Å². The fourth-order valence-electron chi connectivity index (χ4n) is 4.97. The van der Waals surface area contributed by atoms with Gasteiger partial charge in [-0.15, -0.1) is 0 Å². The summed E-state index contributed by atoms with van der Waals surface area (Å²) in [6.07, 6.45) is 0.754. The lowest BCUT2D eigenvalue weighted by Gasteiger charge is -2.42. The van der Waals surface area contributed by atoms with Crippen molar-refractivity contribution in [3.63, 3.8) is 0 Å². The Morgan fingerprint density at radius 1 is 0.895 bits per heavy atom. The molecular formula is C29H34N2O6S. The van der Waals surface area contributed by atoms with Crippen LogP contribution in [0.5, 0.6) is 17.2 Å². The highest BCUT2D eigenvalue weighted by Crippen LogP contribution is 2.40. The molecule has 1 N–H and O–H groups in total. The first-order chi connectivity index (χ1) is 18.2. The predicted molar refractivity (Wildman–Crippen MR) is 147 cm³/mol. The molecule has 0 radical (unpaired) electrons. The van der Waals surface area contributed by atoms with Gasteiger partial charge in [-0.3, -0.25) is 4.79 Å². The number of hydrogen-bond acceptors (Lipinski definition) is 7. The van der Waals surface area contributed by atoms with Crippen LogP contribution in [0.3, 0.4) is 0 Å². The number of ether oxygens (including phenoxy) is 2. The summed E-state index contributed by atoms with van der Waals surface area (Å²) in [6.45, 7) is 4.92. The average Bonchev–Trinajstić information content (AvgIpc) is 2.92. The van der Waals surface area contributed by atoms with E-state index in [0.717, 1.165) is 17.0 Å². The van der Waals surface area contributed by atoms with Gasteiger partial charge < -0.3 is 18.6 Å². The Hall–Kier alpha value is -3.72. The van der Waals surface area contributed by atoms with Crippen LogP contribution in [0.4, 0.5) is 5.69 Å². The fraction of sp³-hybridized carbons (Fsp3) is 0.345. The van der Waals surface area contributed by atoms with E-state index in [9.17, 15) is 13.2 Å². The maximum atomic E-state index is 13.9. The topological polar surface area (TPSA) is 94.2 Å². The lowest BCUT2D eigenvalue weighted by Crippen LogP contribution is -2.53. The molecule has 4 rings (SSSR count). The van der Waals surface area contributed by atoms with Gasteiger partial charge in [0.05, 0.1) is 25.3 Å². The summed E-state index contributed by atoms with van der Waals surface area (Å²) in [6, 6.07) is 21.8. The van der Waals surface area contributed by atoms with Crippen LogP contribution in [-0.4, -0.2) is 41.6 Å². The molecule has 1 fully saturated rings. The number of amides is 1. The minimum Gasteiger partial charge on any atom is -0.497 e. The molecule has 0 bridgehead atoms. The summed E-state index contributed by atoms with van der Waals surface area (Å²) >= 11 is 0. The Labute approximate surface area is 224 Å². The summed E-state index contributed by atoms with van der Waals surface area (Å²) in [5.74, 6) is 0.939. The molecule has 3 aromatic carbocycles. The van der Waals surface area contributed by atoms with Crippen molar-refractivity contribution < 1.29 is 26.9 Å². The first-order valence-electron chi connectivity index (χ1n) is 12.6. The highest BCUT2D eigenvalue weighted by Gasteiger charge is 2.45. The minimum atomic E-state index is -4.44. The Bertz CT molecular complexity index is 1380. The minimum absolute atomic E-state index is 0.0412. The van der Waals surface area contributed by atoms with Gasteiger partial charge in [-0.2, -0.15) is 8.42 Å². The van der Waals surface area contributed by atoms with Crippen molar-refractivity contribution in [3.8, 4) is 17.2 Å². The zero-order valence-electron chi connectivity index (χ0n) is 22.1. The van der Waals surface area contributed by atoms with Crippen LogP contribution >= 0.6 is 0 Å². The van der Waals surface area contributed by atoms with Crippen LogP contribution in [0, 0.1) is 0 Å². The monoisotopic (exact) mass is 538 g/mol. The normalized spacial score (nSPS) is 15.1. The van der Waals surface area contributed by atoms with Crippen molar-refractivity contribution >= 4 is 21.9 Å². The molecule has 0 saturated carbocycles.